The van der Waals surface area contributed by atoms with Crippen LogP contribution >= 0.6 is 11.6 Å². The Kier molecular flexibility index (Phi) is 8.78. The molecule has 3 amide bonds. The first-order valence-corrected chi connectivity index (χ1v) is 12.7. The van der Waals surface area contributed by atoms with Gasteiger partial charge in [-0.1, -0.05) is 48.0 Å². The molecule has 0 unspecified atom stereocenters. The lowest BCUT2D eigenvalue weighted by atomic mass is 10.1. The Hall–Kier alpha value is -3.72. The Bertz CT molecular complexity index is 1250. The van der Waals surface area contributed by atoms with Crippen LogP contribution in [0.25, 0.3) is 0 Å². The lowest BCUT2D eigenvalue weighted by Gasteiger charge is -2.36. The van der Waals surface area contributed by atoms with Crippen LogP contribution in [0.15, 0.2) is 72.8 Å². The number of carbonyl (C=O) groups excluding carboxylic acids is 2. The molecule has 0 aliphatic carbocycles. The van der Waals surface area contributed by atoms with Crippen molar-refractivity contribution in [3.8, 4) is 0 Å². The standard InChI is InChI=1S/C28H28ClF3N4O2/c29-24-10-5-9-23(28(30,31)32)26(24)34-27(38)36-18-16-35(17-19-36)22-14-12-21(13-15-22)33-25(37)11-4-8-20-6-2-1-3-7-20/h1-3,5-7,9-10,12-15H,4,8,11,16-19H2,(H,33,37)(H,34,38). The van der Waals surface area contributed by atoms with Gasteiger partial charge in [-0.15, -0.1) is 0 Å². The van der Waals surface area contributed by atoms with Gasteiger partial charge in [0, 0.05) is 44.0 Å². The molecular weight excluding hydrogens is 517 g/mol. The van der Waals surface area contributed by atoms with Crippen molar-refractivity contribution in [2.45, 2.75) is 25.4 Å². The Morgan fingerprint density at radius 2 is 1.53 bits per heavy atom. The van der Waals surface area contributed by atoms with Crippen molar-refractivity contribution in [3.63, 3.8) is 0 Å². The van der Waals surface area contributed by atoms with Crippen molar-refractivity contribution >= 4 is 40.6 Å². The Balaban J connectivity index is 1.25. The summed E-state index contributed by atoms with van der Waals surface area (Å²) < 4.78 is 40.0. The summed E-state index contributed by atoms with van der Waals surface area (Å²) in [5.74, 6) is -0.0412. The number of hydrogen-bond donors (Lipinski definition) is 2. The summed E-state index contributed by atoms with van der Waals surface area (Å²) >= 11 is 5.95. The molecule has 0 spiro atoms. The average Bonchev–Trinajstić information content (AvgIpc) is 2.90. The first-order valence-electron chi connectivity index (χ1n) is 12.3. The molecule has 1 saturated heterocycles. The molecule has 0 aromatic heterocycles. The summed E-state index contributed by atoms with van der Waals surface area (Å²) in [6.07, 6.45) is -2.60. The highest BCUT2D eigenvalue weighted by molar-refractivity contribution is 6.34. The molecule has 4 rings (SSSR count). The minimum Gasteiger partial charge on any atom is -0.368 e. The number of nitrogens with one attached hydrogen (secondary N) is 2. The van der Waals surface area contributed by atoms with Crippen molar-refractivity contribution in [2.24, 2.45) is 0 Å². The van der Waals surface area contributed by atoms with E-state index in [1.54, 1.807) is 0 Å². The Labute approximate surface area is 224 Å². The predicted octanol–water partition coefficient (Wildman–Crippen LogP) is 6.67. The molecule has 3 aromatic carbocycles. The Morgan fingerprint density at radius 1 is 0.842 bits per heavy atom. The maximum atomic E-state index is 13.3. The molecular formula is C28H28ClF3N4O2. The third-order valence-corrected chi connectivity index (χ3v) is 6.66. The highest BCUT2D eigenvalue weighted by atomic mass is 35.5. The zero-order chi connectivity index (χ0) is 27.1. The average molecular weight is 545 g/mol. The summed E-state index contributed by atoms with van der Waals surface area (Å²) in [4.78, 5) is 28.5. The van der Waals surface area contributed by atoms with Crippen molar-refractivity contribution in [3.05, 3.63) is 88.9 Å². The van der Waals surface area contributed by atoms with Crippen LogP contribution < -0.4 is 15.5 Å². The number of amides is 3. The van der Waals surface area contributed by atoms with Gasteiger partial charge in [0.1, 0.15) is 0 Å². The van der Waals surface area contributed by atoms with Crippen molar-refractivity contribution in [2.75, 3.05) is 41.7 Å². The second-order valence-electron chi connectivity index (χ2n) is 9.00. The summed E-state index contributed by atoms with van der Waals surface area (Å²) in [5.41, 5.74) is 1.42. The number of aryl methyl sites for hydroxylation is 1. The van der Waals surface area contributed by atoms with Gasteiger partial charge in [-0.25, -0.2) is 4.79 Å². The molecule has 1 fully saturated rings. The van der Waals surface area contributed by atoms with Gasteiger partial charge in [0.05, 0.1) is 16.3 Å². The smallest absolute Gasteiger partial charge is 0.368 e. The van der Waals surface area contributed by atoms with Gasteiger partial charge in [0.2, 0.25) is 5.91 Å². The molecule has 1 heterocycles. The molecule has 3 aromatic rings. The van der Waals surface area contributed by atoms with Gasteiger partial charge in [0.25, 0.3) is 0 Å². The van der Waals surface area contributed by atoms with Crippen LogP contribution in [0.2, 0.25) is 5.02 Å². The highest BCUT2D eigenvalue weighted by Gasteiger charge is 2.35. The maximum absolute atomic E-state index is 13.3. The van der Waals surface area contributed by atoms with Crippen LogP contribution in [-0.4, -0.2) is 43.0 Å². The van der Waals surface area contributed by atoms with E-state index in [0.717, 1.165) is 24.6 Å². The van der Waals surface area contributed by atoms with Crippen molar-refractivity contribution in [1.82, 2.24) is 4.90 Å². The minimum atomic E-state index is -4.64. The first-order chi connectivity index (χ1) is 18.2. The van der Waals surface area contributed by atoms with Gasteiger partial charge >= 0.3 is 12.2 Å². The van der Waals surface area contributed by atoms with E-state index in [1.807, 2.05) is 54.6 Å². The lowest BCUT2D eigenvalue weighted by Crippen LogP contribution is -2.50. The number of nitrogens with zero attached hydrogens (tertiary/aromatic N) is 2. The number of urea groups is 1. The van der Waals surface area contributed by atoms with Crippen LogP contribution in [0.4, 0.5) is 35.0 Å². The largest absolute Gasteiger partial charge is 0.418 e. The molecule has 0 saturated carbocycles. The molecule has 10 heteroatoms. The van der Waals surface area contributed by atoms with Crippen molar-refractivity contribution < 1.29 is 22.8 Å². The van der Waals surface area contributed by atoms with Crippen LogP contribution in [0.5, 0.6) is 0 Å². The first kappa shape index (κ1) is 27.3. The fourth-order valence-electron chi connectivity index (χ4n) is 4.32. The fraction of sp³-hybridized carbons (Fsp3) is 0.286. The number of alkyl halides is 3. The van der Waals surface area contributed by atoms with Gasteiger partial charge in [-0.3, -0.25) is 4.79 Å². The van der Waals surface area contributed by atoms with Gasteiger partial charge in [-0.05, 0) is 54.8 Å². The second kappa shape index (κ2) is 12.2. The van der Waals surface area contributed by atoms with E-state index in [2.05, 4.69) is 15.5 Å². The molecule has 38 heavy (non-hydrogen) atoms. The van der Waals surface area contributed by atoms with Crippen LogP contribution in [-0.2, 0) is 17.4 Å². The van der Waals surface area contributed by atoms with E-state index in [0.29, 0.717) is 38.3 Å². The molecule has 0 bridgehead atoms. The van der Waals surface area contributed by atoms with E-state index in [9.17, 15) is 22.8 Å². The summed E-state index contributed by atoms with van der Waals surface area (Å²) in [7, 11) is 0. The molecule has 6 nitrogen and oxygen atoms in total. The lowest BCUT2D eigenvalue weighted by molar-refractivity contribution is -0.136. The van der Waals surface area contributed by atoms with E-state index < -0.39 is 23.5 Å². The summed E-state index contributed by atoms with van der Waals surface area (Å²) in [6, 6.07) is 20.3. The van der Waals surface area contributed by atoms with E-state index in [1.165, 1.54) is 22.6 Å². The second-order valence-corrected chi connectivity index (χ2v) is 9.41. The Morgan fingerprint density at radius 3 is 2.18 bits per heavy atom. The van der Waals surface area contributed by atoms with Gasteiger partial charge in [0.15, 0.2) is 0 Å². The SMILES string of the molecule is O=C(CCCc1ccccc1)Nc1ccc(N2CCN(C(=O)Nc3c(Cl)cccc3C(F)(F)F)CC2)cc1. The number of hydrogen-bond acceptors (Lipinski definition) is 3. The highest BCUT2D eigenvalue weighted by Crippen LogP contribution is 2.38. The molecule has 1 aliphatic rings. The number of piperazine rings is 1. The zero-order valence-electron chi connectivity index (χ0n) is 20.6. The van der Waals surface area contributed by atoms with Gasteiger partial charge < -0.3 is 20.4 Å². The third kappa shape index (κ3) is 7.19. The van der Waals surface area contributed by atoms with Crippen LogP contribution in [0.1, 0.15) is 24.0 Å². The monoisotopic (exact) mass is 544 g/mol. The predicted molar refractivity (Wildman–Crippen MR) is 144 cm³/mol. The molecule has 0 radical (unpaired) electrons. The minimum absolute atomic E-state index is 0.0412. The fourth-order valence-corrected chi connectivity index (χ4v) is 4.54. The number of halogens is 4. The van der Waals surface area contributed by atoms with Crippen molar-refractivity contribution in [1.29, 1.82) is 0 Å². The van der Waals surface area contributed by atoms with E-state index in [-0.39, 0.29) is 10.9 Å². The topological polar surface area (TPSA) is 64.7 Å². The van der Waals surface area contributed by atoms with Crippen LogP contribution in [0.3, 0.4) is 0 Å². The molecule has 1 aliphatic heterocycles. The molecule has 0 atom stereocenters. The quantitative estimate of drug-likeness (QED) is 0.349. The third-order valence-electron chi connectivity index (χ3n) is 6.35. The molecule has 2 N–H and O–H groups in total. The zero-order valence-corrected chi connectivity index (χ0v) is 21.4. The van der Waals surface area contributed by atoms with Gasteiger partial charge in [-0.2, -0.15) is 13.2 Å². The number of carbonyl (C=O) groups is 2. The van der Waals surface area contributed by atoms with E-state index in [4.69, 9.17) is 11.6 Å². The number of para-hydroxylation sites is 1. The normalized spacial score (nSPS) is 13.8. The number of anilines is 3. The number of benzene rings is 3. The summed E-state index contributed by atoms with van der Waals surface area (Å²) in [6.45, 7) is 1.68. The maximum Gasteiger partial charge on any atom is 0.418 e. The van der Waals surface area contributed by atoms with Crippen LogP contribution in [0, 0.1) is 0 Å². The van der Waals surface area contributed by atoms with E-state index >= 15 is 0 Å². The number of rotatable bonds is 7. The molecule has 200 valence electrons. The summed E-state index contributed by atoms with van der Waals surface area (Å²) in [5, 5.41) is 5.08.